The number of amides is 1. The first-order valence-electron chi connectivity index (χ1n) is 9.80. The van der Waals surface area contributed by atoms with Crippen molar-refractivity contribution < 1.29 is 4.79 Å². The summed E-state index contributed by atoms with van der Waals surface area (Å²) in [5.74, 6) is 0.569. The number of aromatic nitrogens is 2. The van der Waals surface area contributed by atoms with Gasteiger partial charge in [0.25, 0.3) is 0 Å². The van der Waals surface area contributed by atoms with Crippen molar-refractivity contribution in [2.75, 3.05) is 22.9 Å². The van der Waals surface area contributed by atoms with E-state index in [0.717, 1.165) is 53.7 Å². The molecular weight excluding hydrogens is 455 g/mol. The summed E-state index contributed by atoms with van der Waals surface area (Å²) in [5.41, 5.74) is 1.81. The number of thiophene rings is 2. The molecule has 0 bridgehead atoms. The van der Waals surface area contributed by atoms with Gasteiger partial charge in [0.1, 0.15) is 11.1 Å². The number of carbonyl (C=O) groups excluding carboxylic acids is 1. The highest BCUT2D eigenvalue weighted by Crippen LogP contribution is 2.37. The van der Waals surface area contributed by atoms with Crippen molar-refractivity contribution >= 4 is 61.8 Å². The maximum Gasteiger partial charge on any atom is 0.225 e. The van der Waals surface area contributed by atoms with Crippen molar-refractivity contribution in [3.63, 3.8) is 0 Å². The van der Waals surface area contributed by atoms with Crippen LogP contribution in [0.3, 0.4) is 0 Å². The van der Waals surface area contributed by atoms with E-state index in [1.54, 1.807) is 22.7 Å². The molecule has 6 nitrogen and oxygen atoms in total. The molecule has 0 radical (unpaired) electrons. The molecule has 0 aliphatic heterocycles. The Morgan fingerprint density at radius 1 is 1.27 bits per heavy atom. The van der Waals surface area contributed by atoms with Crippen LogP contribution in [0.5, 0.6) is 0 Å². The Kier molecular flexibility index (Phi) is 7.38. The van der Waals surface area contributed by atoms with E-state index < -0.39 is 0 Å². The molecule has 0 saturated heterocycles. The first-order valence-corrected chi connectivity index (χ1v) is 13.3. The smallest absolute Gasteiger partial charge is 0.225 e. The van der Waals surface area contributed by atoms with Gasteiger partial charge in [-0.25, -0.2) is 0 Å². The quantitative estimate of drug-likeness (QED) is 0.414. The van der Waals surface area contributed by atoms with E-state index in [4.69, 9.17) is 0 Å². The first-order chi connectivity index (χ1) is 14.7. The molecule has 30 heavy (non-hydrogen) atoms. The Morgan fingerprint density at radius 2 is 2.17 bits per heavy atom. The van der Waals surface area contributed by atoms with Crippen molar-refractivity contribution in [3.05, 3.63) is 38.4 Å². The maximum atomic E-state index is 12.4. The summed E-state index contributed by atoms with van der Waals surface area (Å²) in [5, 5.41) is 27.7. The SMILES string of the molecule is N#Cc1c(NC(=O)CCSc2nnc(NCCc3cccs3)s2)sc2c1CCCC2. The number of thioether (sulfide) groups is 1. The van der Waals surface area contributed by atoms with Crippen molar-refractivity contribution in [2.24, 2.45) is 0 Å². The van der Waals surface area contributed by atoms with Crippen LogP contribution in [-0.4, -0.2) is 28.4 Å². The summed E-state index contributed by atoms with van der Waals surface area (Å²) in [7, 11) is 0. The zero-order valence-electron chi connectivity index (χ0n) is 16.3. The molecule has 0 saturated carbocycles. The molecule has 10 heteroatoms. The number of nitriles is 1. The predicted molar refractivity (Wildman–Crippen MR) is 126 cm³/mol. The van der Waals surface area contributed by atoms with Crippen LogP contribution < -0.4 is 10.6 Å². The lowest BCUT2D eigenvalue weighted by Gasteiger charge is -2.09. The molecule has 0 spiro atoms. The zero-order valence-corrected chi connectivity index (χ0v) is 19.5. The standard InChI is InChI=1S/C20H21N5OS4/c21-12-15-14-5-1-2-6-16(14)29-18(15)23-17(26)8-11-28-20-25-24-19(30-20)22-9-7-13-4-3-10-27-13/h3-4,10H,1-2,5-9,11H2,(H,22,24)(H,23,26). The summed E-state index contributed by atoms with van der Waals surface area (Å²) in [4.78, 5) is 15.0. The van der Waals surface area contributed by atoms with E-state index in [9.17, 15) is 10.1 Å². The second-order valence-corrected chi connectivity index (χ2v) is 11.3. The minimum Gasteiger partial charge on any atom is -0.360 e. The van der Waals surface area contributed by atoms with Gasteiger partial charge in [0.15, 0.2) is 4.34 Å². The van der Waals surface area contributed by atoms with Crippen molar-refractivity contribution in [3.8, 4) is 6.07 Å². The van der Waals surface area contributed by atoms with E-state index in [1.165, 1.54) is 32.9 Å². The molecule has 156 valence electrons. The highest BCUT2D eigenvalue weighted by atomic mass is 32.2. The summed E-state index contributed by atoms with van der Waals surface area (Å²) in [6, 6.07) is 6.47. The van der Waals surface area contributed by atoms with Gasteiger partial charge < -0.3 is 10.6 Å². The third kappa shape index (κ3) is 5.40. The van der Waals surface area contributed by atoms with E-state index in [-0.39, 0.29) is 5.91 Å². The van der Waals surface area contributed by atoms with Crippen molar-refractivity contribution in [1.82, 2.24) is 10.2 Å². The molecule has 1 aliphatic carbocycles. The monoisotopic (exact) mass is 475 g/mol. The summed E-state index contributed by atoms with van der Waals surface area (Å²) in [6.07, 6.45) is 5.59. The van der Waals surface area contributed by atoms with Crippen LogP contribution >= 0.6 is 45.8 Å². The van der Waals surface area contributed by atoms with Gasteiger partial charge >= 0.3 is 0 Å². The fraction of sp³-hybridized carbons (Fsp3) is 0.400. The maximum absolute atomic E-state index is 12.4. The molecule has 0 atom stereocenters. The van der Waals surface area contributed by atoms with Gasteiger partial charge in [-0.15, -0.1) is 32.9 Å². The summed E-state index contributed by atoms with van der Waals surface area (Å²) in [6.45, 7) is 0.828. The second kappa shape index (κ2) is 10.4. The fourth-order valence-corrected chi connectivity index (χ4v) is 7.03. The average molecular weight is 476 g/mol. The van der Waals surface area contributed by atoms with Gasteiger partial charge in [0.05, 0.1) is 5.56 Å². The topological polar surface area (TPSA) is 90.7 Å². The van der Waals surface area contributed by atoms with Crippen LogP contribution in [0, 0.1) is 11.3 Å². The molecule has 2 N–H and O–H groups in total. The minimum absolute atomic E-state index is 0.0589. The van der Waals surface area contributed by atoms with Gasteiger partial charge in [0, 0.05) is 28.5 Å². The van der Waals surface area contributed by atoms with Crippen LogP contribution in [0.25, 0.3) is 0 Å². The molecule has 3 heterocycles. The lowest BCUT2D eigenvalue weighted by molar-refractivity contribution is -0.115. The molecule has 0 fully saturated rings. The Morgan fingerprint density at radius 3 is 3.00 bits per heavy atom. The van der Waals surface area contributed by atoms with E-state index in [2.05, 4.69) is 44.4 Å². The third-order valence-electron chi connectivity index (χ3n) is 4.72. The molecule has 3 aromatic rings. The molecule has 4 rings (SSSR count). The molecular formula is C20H21N5OS4. The number of nitrogens with zero attached hydrogens (tertiary/aromatic N) is 3. The van der Waals surface area contributed by atoms with Gasteiger partial charge in [-0.05, 0) is 49.1 Å². The predicted octanol–water partition coefficient (Wildman–Crippen LogP) is 5.19. The minimum atomic E-state index is -0.0589. The highest BCUT2D eigenvalue weighted by Gasteiger charge is 2.21. The lowest BCUT2D eigenvalue weighted by atomic mass is 9.96. The number of hydrogen-bond acceptors (Lipinski definition) is 9. The van der Waals surface area contributed by atoms with Gasteiger partial charge in [0.2, 0.25) is 11.0 Å². The third-order valence-corrected chi connectivity index (χ3v) is 8.88. The van der Waals surface area contributed by atoms with Gasteiger partial charge in [-0.3, -0.25) is 4.79 Å². The number of anilines is 2. The highest BCUT2D eigenvalue weighted by molar-refractivity contribution is 8.01. The summed E-state index contributed by atoms with van der Waals surface area (Å²) >= 11 is 6.36. The number of carbonyl (C=O) groups is 1. The van der Waals surface area contributed by atoms with Crippen molar-refractivity contribution in [2.45, 2.75) is 42.9 Å². The number of hydrogen-bond donors (Lipinski definition) is 2. The Labute approximate surface area is 191 Å². The van der Waals surface area contributed by atoms with E-state index in [1.807, 2.05) is 0 Å². The fourth-order valence-electron chi connectivity index (χ4n) is 3.28. The van der Waals surface area contributed by atoms with E-state index in [0.29, 0.717) is 22.7 Å². The molecule has 0 unspecified atom stereocenters. The second-order valence-electron chi connectivity index (χ2n) is 6.80. The first kappa shape index (κ1) is 21.3. The molecule has 1 amide bonds. The van der Waals surface area contributed by atoms with Crippen LogP contribution in [0.15, 0.2) is 21.9 Å². The van der Waals surface area contributed by atoms with Crippen LogP contribution in [-0.2, 0) is 24.1 Å². The van der Waals surface area contributed by atoms with Crippen LogP contribution in [0.2, 0.25) is 0 Å². The average Bonchev–Trinajstić information content (AvgIpc) is 3.48. The number of fused-ring (bicyclic) bond motifs is 1. The summed E-state index contributed by atoms with van der Waals surface area (Å²) < 4.78 is 0.853. The molecule has 1 aliphatic rings. The normalized spacial score (nSPS) is 12.9. The number of aryl methyl sites for hydroxylation is 1. The van der Waals surface area contributed by atoms with Crippen LogP contribution in [0.1, 0.15) is 40.1 Å². The van der Waals surface area contributed by atoms with Crippen LogP contribution in [0.4, 0.5) is 10.1 Å². The number of nitrogens with one attached hydrogen (secondary N) is 2. The van der Waals surface area contributed by atoms with Crippen molar-refractivity contribution in [1.29, 1.82) is 5.26 Å². The van der Waals surface area contributed by atoms with Gasteiger partial charge in [-0.1, -0.05) is 29.2 Å². The number of rotatable bonds is 9. The van der Waals surface area contributed by atoms with Gasteiger partial charge in [-0.2, -0.15) is 5.26 Å². The largest absolute Gasteiger partial charge is 0.360 e. The Hall–Kier alpha value is -1.93. The van der Waals surface area contributed by atoms with E-state index >= 15 is 0 Å². The zero-order chi connectivity index (χ0) is 20.8. The molecule has 3 aromatic heterocycles. The lowest BCUT2D eigenvalue weighted by Crippen LogP contribution is -2.12. The Bertz CT molecular complexity index is 1030. The molecule has 0 aromatic carbocycles. The Balaban J connectivity index is 1.21.